The van der Waals surface area contributed by atoms with E-state index >= 15 is 0 Å². The number of oxazole rings is 1. The Morgan fingerprint density at radius 3 is 2.35 bits per heavy atom. The fourth-order valence-electron chi connectivity index (χ4n) is 3.99. The maximum absolute atomic E-state index is 11.9. The molecule has 12 heteroatoms. The Hall–Kier alpha value is -2.82. The number of carboxylic acids is 2. The largest absolute Gasteiger partial charge is 0.473 e. The number of anilines is 1. The van der Waals surface area contributed by atoms with Crippen LogP contribution in [0.2, 0.25) is 10.0 Å². The zero-order valence-corrected chi connectivity index (χ0v) is 19.8. The predicted octanol–water partition coefficient (Wildman–Crippen LogP) is 2.86. The second kappa shape index (κ2) is 12.0. The van der Waals surface area contributed by atoms with Crippen LogP contribution in [-0.2, 0) is 9.59 Å². The fraction of sp³-hybridized carbons (Fsp3) is 0.455. The summed E-state index contributed by atoms with van der Waals surface area (Å²) < 4.78 is 5.02. The first-order chi connectivity index (χ1) is 16.2. The first-order valence-electron chi connectivity index (χ1n) is 10.8. The van der Waals surface area contributed by atoms with E-state index in [0.29, 0.717) is 16.0 Å². The number of hydrogen-bond acceptors (Lipinski definition) is 7. The molecule has 4 rings (SSSR count). The molecule has 0 atom stereocenters. The van der Waals surface area contributed by atoms with Crippen LogP contribution < -0.4 is 10.2 Å². The van der Waals surface area contributed by atoms with Gasteiger partial charge in [0, 0.05) is 32.2 Å². The number of aliphatic carboxylic acids is 2. The van der Waals surface area contributed by atoms with Crippen molar-refractivity contribution in [3.05, 3.63) is 46.6 Å². The van der Waals surface area contributed by atoms with Crippen LogP contribution in [0, 0.1) is 5.92 Å². The highest BCUT2D eigenvalue weighted by Gasteiger charge is 2.31. The molecule has 0 bridgehead atoms. The molecule has 1 aliphatic carbocycles. The minimum atomic E-state index is -1.82. The van der Waals surface area contributed by atoms with Crippen molar-refractivity contribution >= 4 is 46.7 Å². The third-order valence-electron chi connectivity index (χ3n) is 5.88. The molecule has 2 heterocycles. The molecule has 1 saturated carbocycles. The summed E-state index contributed by atoms with van der Waals surface area (Å²) in [5.74, 6) is -3.05. The van der Waals surface area contributed by atoms with Gasteiger partial charge in [-0.15, -0.1) is 0 Å². The zero-order chi connectivity index (χ0) is 24.7. The van der Waals surface area contributed by atoms with Gasteiger partial charge >= 0.3 is 17.8 Å². The van der Waals surface area contributed by atoms with Crippen molar-refractivity contribution in [3.63, 3.8) is 0 Å². The number of carboxylic acid groups (broad SMARTS) is 2. The molecule has 0 spiro atoms. The molecular weight excluding hydrogens is 487 g/mol. The molecule has 10 nitrogen and oxygen atoms in total. The number of rotatable bonds is 6. The molecule has 3 N–H and O–H groups in total. The molecular formula is C22H26Cl2N4O6. The van der Waals surface area contributed by atoms with Crippen molar-refractivity contribution in [3.8, 4) is 0 Å². The maximum atomic E-state index is 11.9. The quantitative estimate of drug-likeness (QED) is 0.498. The topological polar surface area (TPSA) is 136 Å². The van der Waals surface area contributed by atoms with E-state index in [1.165, 1.54) is 18.9 Å². The highest BCUT2D eigenvalue weighted by atomic mass is 35.5. The molecule has 1 aromatic heterocycles. The van der Waals surface area contributed by atoms with E-state index in [4.69, 9.17) is 47.4 Å². The molecule has 1 saturated heterocycles. The lowest BCUT2D eigenvalue weighted by Crippen LogP contribution is -2.48. The number of hydrogen-bond donors (Lipinski definition) is 3. The first kappa shape index (κ1) is 25.8. The molecule has 2 aliphatic rings. The summed E-state index contributed by atoms with van der Waals surface area (Å²) in [5, 5.41) is 19.0. The lowest BCUT2D eigenvalue weighted by molar-refractivity contribution is -0.159. The van der Waals surface area contributed by atoms with Crippen LogP contribution in [0.15, 0.2) is 35.1 Å². The summed E-state index contributed by atoms with van der Waals surface area (Å²) in [5.41, 5.74) is 1.03. The highest BCUT2D eigenvalue weighted by molar-refractivity contribution is 6.43. The minimum absolute atomic E-state index is 0.140. The fourth-order valence-corrected chi connectivity index (χ4v) is 4.40. The van der Waals surface area contributed by atoms with Crippen molar-refractivity contribution in [2.45, 2.75) is 25.3 Å². The highest BCUT2D eigenvalue weighted by Crippen LogP contribution is 2.33. The first-order valence-corrected chi connectivity index (χ1v) is 11.6. The Morgan fingerprint density at radius 1 is 1.09 bits per heavy atom. The standard InChI is InChI=1S/C20H24Cl2N4O2.C2H2O4/c21-16-2-1-3-17(18(16)22)26-9-7-25(8-10-26)6-4-14-12-15(13-14)24-19(27)20-23-5-11-28-20;3-1(4)2(5)6/h1-3,5,11,14-15H,4,6-10,12-13H2,(H,24,27);(H,3,4)(H,5,6). The van der Waals surface area contributed by atoms with Gasteiger partial charge in [-0.3, -0.25) is 9.69 Å². The average molecular weight is 513 g/mol. The summed E-state index contributed by atoms with van der Waals surface area (Å²) >= 11 is 12.5. The van der Waals surface area contributed by atoms with Crippen molar-refractivity contribution in [2.75, 3.05) is 37.6 Å². The Bertz CT molecular complexity index is 977. The normalized spacial score (nSPS) is 20.0. The average Bonchev–Trinajstić information content (AvgIpc) is 3.33. The van der Waals surface area contributed by atoms with Gasteiger partial charge < -0.3 is 24.8 Å². The summed E-state index contributed by atoms with van der Waals surface area (Å²) in [6, 6.07) is 6.05. The minimum Gasteiger partial charge on any atom is -0.473 e. The van der Waals surface area contributed by atoms with Crippen LogP contribution in [0.5, 0.6) is 0 Å². The van der Waals surface area contributed by atoms with Crippen LogP contribution in [0.25, 0.3) is 0 Å². The van der Waals surface area contributed by atoms with Gasteiger partial charge in [0.05, 0.1) is 21.9 Å². The number of nitrogens with one attached hydrogen (secondary N) is 1. The Morgan fingerprint density at radius 2 is 1.76 bits per heavy atom. The van der Waals surface area contributed by atoms with Crippen LogP contribution in [0.4, 0.5) is 5.69 Å². The van der Waals surface area contributed by atoms with Crippen LogP contribution in [-0.4, -0.2) is 76.7 Å². The number of amides is 1. The van der Waals surface area contributed by atoms with Gasteiger partial charge in [-0.25, -0.2) is 14.6 Å². The number of aromatic nitrogens is 1. The molecule has 1 aromatic carbocycles. The third-order valence-corrected chi connectivity index (χ3v) is 6.69. The third kappa shape index (κ3) is 7.09. The lowest BCUT2D eigenvalue weighted by Gasteiger charge is -2.39. The predicted molar refractivity (Wildman–Crippen MR) is 125 cm³/mol. The van der Waals surface area contributed by atoms with Crippen LogP contribution in [0.3, 0.4) is 0 Å². The number of carbonyl (C=O) groups excluding carboxylic acids is 1. The van der Waals surface area contributed by atoms with Gasteiger partial charge in [0.1, 0.15) is 6.26 Å². The van der Waals surface area contributed by atoms with Crippen molar-refractivity contribution in [2.24, 2.45) is 5.92 Å². The van der Waals surface area contributed by atoms with E-state index in [0.717, 1.165) is 51.3 Å². The van der Waals surface area contributed by atoms with Gasteiger partial charge in [-0.2, -0.15) is 0 Å². The van der Waals surface area contributed by atoms with Crippen molar-refractivity contribution < 1.29 is 29.0 Å². The Kier molecular flexibility index (Phi) is 9.14. The maximum Gasteiger partial charge on any atom is 0.414 e. The summed E-state index contributed by atoms with van der Waals surface area (Å²) in [6.45, 7) is 5.07. The second-order valence-corrected chi connectivity index (χ2v) is 8.93. The number of halogens is 2. The number of nitrogens with zero attached hydrogens (tertiary/aromatic N) is 3. The van der Waals surface area contributed by atoms with E-state index in [1.807, 2.05) is 18.2 Å². The van der Waals surface area contributed by atoms with Crippen LogP contribution in [0.1, 0.15) is 29.9 Å². The molecule has 2 fully saturated rings. The van der Waals surface area contributed by atoms with E-state index in [9.17, 15) is 4.79 Å². The molecule has 2 aromatic rings. The van der Waals surface area contributed by atoms with Gasteiger partial charge in [0.2, 0.25) is 0 Å². The number of benzene rings is 1. The van der Waals surface area contributed by atoms with E-state index in [1.54, 1.807) is 0 Å². The van der Waals surface area contributed by atoms with Gasteiger partial charge in [-0.05, 0) is 43.9 Å². The van der Waals surface area contributed by atoms with Gasteiger partial charge in [0.15, 0.2) is 0 Å². The van der Waals surface area contributed by atoms with Gasteiger partial charge in [0.25, 0.3) is 5.89 Å². The second-order valence-electron chi connectivity index (χ2n) is 8.15. The SMILES string of the molecule is O=C(NC1CC(CCN2CCN(c3cccc(Cl)c3Cl)CC2)C1)c1ncco1.O=C(O)C(=O)O. The summed E-state index contributed by atoms with van der Waals surface area (Å²) in [6.07, 6.45) is 6.13. The van der Waals surface area contributed by atoms with Crippen molar-refractivity contribution in [1.82, 2.24) is 15.2 Å². The summed E-state index contributed by atoms with van der Waals surface area (Å²) in [4.78, 5) is 38.8. The van der Waals surface area contributed by atoms with Crippen LogP contribution >= 0.6 is 23.2 Å². The molecule has 34 heavy (non-hydrogen) atoms. The number of carbonyl (C=O) groups is 3. The monoisotopic (exact) mass is 512 g/mol. The van der Waals surface area contributed by atoms with E-state index < -0.39 is 11.9 Å². The Labute approximate surface area is 206 Å². The van der Waals surface area contributed by atoms with Gasteiger partial charge in [-0.1, -0.05) is 29.3 Å². The van der Waals surface area contributed by atoms with E-state index in [2.05, 4.69) is 20.1 Å². The lowest BCUT2D eigenvalue weighted by atomic mass is 9.78. The van der Waals surface area contributed by atoms with E-state index in [-0.39, 0.29) is 17.8 Å². The summed E-state index contributed by atoms with van der Waals surface area (Å²) in [7, 11) is 0. The number of piperazine rings is 1. The Balaban J connectivity index is 0.000000481. The molecule has 0 radical (unpaired) electrons. The molecule has 0 unspecified atom stereocenters. The zero-order valence-electron chi connectivity index (χ0n) is 18.3. The molecule has 1 amide bonds. The smallest absolute Gasteiger partial charge is 0.414 e. The molecule has 1 aliphatic heterocycles. The molecule has 184 valence electrons. The van der Waals surface area contributed by atoms with Crippen molar-refractivity contribution in [1.29, 1.82) is 0 Å².